The molecule has 0 spiro atoms. The minimum Gasteiger partial charge on any atom is -0.508 e. The standard InChI is InChI=1S/C29H28FN3O3/c1-18-25-13-23(34)5-9-27(25)36-29(28(18)21-4-8-26-22(12-21)15-31-32-26)20-2-6-24(7-3-20)35-11-10-33-16-19(14-30)17-33/h2-9,12-13,15,19,29,34H,10-11,14,16-17H2,1H3,(H,31,32). The van der Waals surface area contributed by atoms with Crippen molar-refractivity contribution in [3.63, 3.8) is 0 Å². The molecular weight excluding hydrogens is 457 g/mol. The van der Waals surface area contributed by atoms with Crippen LogP contribution in [0.3, 0.4) is 0 Å². The van der Waals surface area contributed by atoms with Gasteiger partial charge in [-0.3, -0.25) is 14.4 Å². The number of aromatic nitrogens is 2. The van der Waals surface area contributed by atoms with Crippen LogP contribution in [0.15, 0.2) is 66.9 Å². The number of likely N-dealkylation sites (tertiary alicyclic amines) is 1. The Hall–Kier alpha value is -3.84. The molecule has 1 aromatic heterocycles. The van der Waals surface area contributed by atoms with E-state index in [1.165, 1.54) is 0 Å². The van der Waals surface area contributed by atoms with Crippen molar-refractivity contribution in [2.24, 2.45) is 5.92 Å². The van der Waals surface area contributed by atoms with Gasteiger partial charge in [0.15, 0.2) is 0 Å². The highest BCUT2D eigenvalue weighted by molar-refractivity contribution is 5.97. The second kappa shape index (κ2) is 9.32. The number of hydrogen-bond donors (Lipinski definition) is 2. The number of H-pyrrole nitrogens is 1. The molecule has 1 saturated heterocycles. The minimum atomic E-state index is -0.320. The number of benzene rings is 3. The molecular formula is C29H28FN3O3. The van der Waals surface area contributed by atoms with Gasteiger partial charge in [0.25, 0.3) is 0 Å². The number of aromatic amines is 1. The number of rotatable bonds is 7. The number of phenols is 1. The number of aromatic hydroxyl groups is 1. The lowest BCUT2D eigenvalue weighted by Gasteiger charge is -2.37. The number of alkyl halides is 1. The van der Waals surface area contributed by atoms with Crippen molar-refractivity contribution in [2.45, 2.75) is 13.0 Å². The molecule has 4 aromatic rings. The first-order valence-corrected chi connectivity index (χ1v) is 12.2. The lowest BCUT2D eigenvalue weighted by molar-refractivity contribution is 0.0668. The van der Waals surface area contributed by atoms with Gasteiger partial charge in [-0.2, -0.15) is 5.10 Å². The van der Waals surface area contributed by atoms with E-state index in [2.05, 4.69) is 34.2 Å². The molecule has 36 heavy (non-hydrogen) atoms. The van der Waals surface area contributed by atoms with Crippen molar-refractivity contribution >= 4 is 22.0 Å². The normalized spacial score (nSPS) is 18.1. The van der Waals surface area contributed by atoms with Gasteiger partial charge in [-0.05, 0) is 66.1 Å². The number of halogens is 1. The Bertz CT molecular complexity index is 1420. The minimum absolute atomic E-state index is 0.189. The van der Waals surface area contributed by atoms with Crippen LogP contribution >= 0.6 is 0 Å². The van der Waals surface area contributed by atoms with Crippen molar-refractivity contribution in [2.75, 3.05) is 32.9 Å². The van der Waals surface area contributed by atoms with E-state index in [4.69, 9.17) is 9.47 Å². The second-order valence-corrected chi connectivity index (χ2v) is 9.59. The molecule has 0 amide bonds. The maximum Gasteiger partial charge on any atom is 0.150 e. The third kappa shape index (κ3) is 4.20. The molecule has 1 atom stereocenters. The van der Waals surface area contributed by atoms with Crippen molar-refractivity contribution in [3.05, 3.63) is 83.6 Å². The SMILES string of the molecule is CC1=C(c2ccc3[nH]ncc3c2)C(c2ccc(OCCN3CC(CF)C3)cc2)Oc2ccc(O)cc21. The first kappa shape index (κ1) is 22.6. The fourth-order valence-electron chi connectivity index (χ4n) is 5.14. The highest BCUT2D eigenvalue weighted by Gasteiger charge is 2.30. The van der Waals surface area contributed by atoms with Gasteiger partial charge in [0.2, 0.25) is 0 Å². The average Bonchev–Trinajstić information content (AvgIpc) is 3.34. The Kier molecular flexibility index (Phi) is 5.85. The molecule has 1 fully saturated rings. The number of allylic oxidation sites excluding steroid dienone is 1. The highest BCUT2D eigenvalue weighted by atomic mass is 19.1. The van der Waals surface area contributed by atoms with Crippen molar-refractivity contribution in [3.8, 4) is 17.2 Å². The molecule has 0 bridgehead atoms. The van der Waals surface area contributed by atoms with Crippen LogP contribution in [0.5, 0.6) is 17.2 Å². The zero-order chi connectivity index (χ0) is 24.6. The Morgan fingerprint density at radius 3 is 2.75 bits per heavy atom. The Balaban J connectivity index is 1.28. The van der Waals surface area contributed by atoms with Gasteiger partial charge in [0, 0.05) is 42.1 Å². The van der Waals surface area contributed by atoms with Crippen LogP contribution in [0.2, 0.25) is 0 Å². The quantitative estimate of drug-likeness (QED) is 0.356. The molecule has 0 saturated carbocycles. The van der Waals surface area contributed by atoms with Crippen molar-refractivity contribution in [1.29, 1.82) is 0 Å². The van der Waals surface area contributed by atoms with Gasteiger partial charge >= 0.3 is 0 Å². The number of fused-ring (bicyclic) bond motifs is 2. The molecule has 2 N–H and O–H groups in total. The van der Waals surface area contributed by atoms with Gasteiger partial charge in [0.1, 0.15) is 30.0 Å². The number of nitrogens with zero attached hydrogens (tertiary/aromatic N) is 2. The third-order valence-electron chi connectivity index (χ3n) is 7.14. The predicted molar refractivity (Wildman–Crippen MR) is 138 cm³/mol. The lowest BCUT2D eigenvalue weighted by atomic mass is 9.86. The molecule has 2 aliphatic heterocycles. The number of hydrogen-bond acceptors (Lipinski definition) is 5. The van der Waals surface area contributed by atoms with Crippen LogP contribution in [-0.2, 0) is 0 Å². The van der Waals surface area contributed by atoms with Crippen LogP contribution in [0.4, 0.5) is 4.39 Å². The zero-order valence-corrected chi connectivity index (χ0v) is 20.1. The summed E-state index contributed by atoms with van der Waals surface area (Å²) in [6.07, 6.45) is 1.50. The van der Waals surface area contributed by atoms with E-state index < -0.39 is 0 Å². The van der Waals surface area contributed by atoms with Crippen LogP contribution in [0.25, 0.3) is 22.0 Å². The number of ether oxygens (including phenoxy) is 2. The van der Waals surface area contributed by atoms with E-state index in [1.807, 2.05) is 42.6 Å². The van der Waals surface area contributed by atoms with Crippen LogP contribution < -0.4 is 9.47 Å². The molecule has 6 nitrogen and oxygen atoms in total. The Morgan fingerprint density at radius 1 is 1.11 bits per heavy atom. The zero-order valence-electron chi connectivity index (χ0n) is 20.1. The van der Waals surface area contributed by atoms with E-state index in [0.717, 1.165) is 69.9 Å². The molecule has 184 valence electrons. The molecule has 0 radical (unpaired) electrons. The van der Waals surface area contributed by atoms with Crippen molar-refractivity contribution < 1.29 is 19.0 Å². The summed E-state index contributed by atoms with van der Waals surface area (Å²) in [5, 5.41) is 18.3. The summed E-state index contributed by atoms with van der Waals surface area (Å²) >= 11 is 0. The van der Waals surface area contributed by atoms with Crippen LogP contribution in [0.1, 0.15) is 29.7 Å². The van der Waals surface area contributed by atoms with Crippen molar-refractivity contribution in [1.82, 2.24) is 15.1 Å². The third-order valence-corrected chi connectivity index (χ3v) is 7.14. The van der Waals surface area contributed by atoms with E-state index in [0.29, 0.717) is 6.61 Å². The molecule has 3 aromatic carbocycles. The van der Waals surface area contributed by atoms with Crippen LogP contribution in [-0.4, -0.2) is 53.1 Å². The summed E-state index contributed by atoms with van der Waals surface area (Å²) in [5.74, 6) is 1.93. The topological polar surface area (TPSA) is 70.6 Å². The summed E-state index contributed by atoms with van der Waals surface area (Å²) in [6, 6.07) is 19.5. The van der Waals surface area contributed by atoms with Gasteiger partial charge < -0.3 is 14.6 Å². The summed E-state index contributed by atoms with van der Waals surface area (Å²) in [4.78, 5) is 2.21. The molecule has 1 unspecified atom stereocenters. The first-order valence-electron chi connectivity index (χ1n) is 12.2. The van der Waals surface area contributed by atoms with Gasteiger partial charge in [0.05, 0.1) is 18.4 Å². The van der Waals surface area contributed by atoms with E-state index in [9.17, 15) is 9.50 Å². The average molecular weight is 486 g/mol. The van der Waals surface area contributed by atoms with Gasteiger partial charge in [-0.25, -0.2) is 0 Å². The largest absolute Gasteiger partial charge is 0.508 e. The van der Waals surface area contributed by atoms with Crippen LogP contribution in [0, 0.1) is 5.92 Å². The fourth-order valence-corrected chi connectivity index (χ4v) is 5.14. The monoisotopic (exact) mass is 485 g/mol. The molecule has 6 rings (SSSR count). The summed E-state index contributed by atoms with van der Waals surface area (Å²) < 4.78 is 25.1. The maximum absolute atomic E-state index is 12.6. The Labute approximate surface area is 209 Å². The fraction of sp³-hybridized carbons (Fsp3) is 0.276. The number of nitrogens with one attached hydrogen (secondary N) is 1. The van der Waals surface area contributed by atoms with E-state index in [-0.39, 0.29) is 24.4 Å². The van der Waals surface area contributed by atoms with Gasteiger partial charge in [-0.1, -0.05) is 18.2 Å². The Morgan fingerprint density at radius 2 is 1.94 bits per heavy atom. The number of phenolic OH excluding ortho intramolecular Hbond substituents is 1. The smallest absolute Gasteiger partial charge is 0.150 e. The molecule has 7 heteroatoms. The summed E-state index contributed by atoms with van der Waals surface area (Å²) in [7, 11) is 0. The molecule has 2 aliphatic rings. The molecule has 0 aliphatic carbocycles. The summed E-state index contributed by atoms with van der Waals surface area (Å²) in [6.45, 7) is 4.84. The summed E-state index contributed by atoms with van der Waals surface area (Å²) in [5.41, 5.74) is 6.02. The van der Waals surface area contributed by atoms with E-state index >= 15 is 0 Å². The molecule has 3 heterocycles. The highest BCUT2D eigenvalue weighted by Crippen LogP contribution is 2.47. The lowest BCUT2D eigenvalue weighted by Crippen LogP contribution is -2.49. The van der Waals surface area contributed by atoms with E-state index in [1.54, 1.807) is 12.1 Å². The predicted octanol–water partition coefficient (Wildman–Crippen LogP) is 5.61. The van der Waals surface area contributed by atoms with Gasteiger partial charge in [-0.15, -0.1) is 0 Å². The maximum atomic E-state index is 12.6. The second-order valence-electron chi connectivity index (χ2n) is 9.59. The first-order chi connectivity index (χ1) is 17.6.